The van der Waals surface area contributed by atoms with E-state index < -0.39 is 6.10 Å². The number of fused-ring (bicyclic) bond motifs is 2. The zero-order valence-electron chi connectivity index (χ0n) is 20.5. The van der Waals surface area contributed by atoms with Crippen molar-refractivity contribution in [3.8, 4) is 23.1 Å². The second-order valence-electron chi connectivity index (χ2n) is 9.76. The molecule has 1 fully saturated rings. The van der Waals surface area contributed by atoms with Crippen molar-refractivity contribution in [2.45, 2.75) is 44.6 Å². The Kier molecular flexibility index (Phi) is 6.37. The van der Waals surface area contributed by atoms with Crippen molar-refractivity contribution in [2.24, 2.45) is 0 Å². The van der Waals surface area contributed by atoms with Gasteiger partial charge in [0.15, 0.2) is 5.76 Å². The molecule has 4 aromatic rings. The quantitative estimate of drug-likeness (QED) is 0.398. The van der Waals surface area contributed by atoms with Crippen molar-refractivity contribution in [3.05, 3.63) is 59.5 Å². The monoisotopic (exact) mass is 489 g/mol. The number of β-amino-alcohol motifs (C(OH)–C–C–N with tert-alkyl or cyclic N) is 1. The third-order valence-electron chi connectivity index (χ3n) is 7.15. The Labute approximate surface area is 209 Å². The minimum atomic E-state index is -0.581. The number of hydrogen-bond acceptors (Lipinski definition) is 8. The van der Waals surface area contributed by atoms with Gasteiger partial charge in [-0.1, -0.05) is 18.2 Å². The number of piperidine rings is 1. The summed E-state index contributed by atoms with van der Waals surface area (Å²) in [6, 6.07) is 14.2. The molecule has 8 nitrogen and oxygen atoms in total. The molecule has 6 rings (SSSR count). The first-order chi connectivity index (χ1) is 17.6. The molecular formula is C28H31N3O5. The lowest BCUT2D eigenvalue weighted by molar-refractivity contribution is 0.0599. The maximum absolute atomic E-state index is 10.7. The summed E-state index contributed by atoms with van der Waals surface area (Å²) in [5, 5.41) is 19.4. The van der Waals surface area contributed by atoms with Crippen LogP contribution in [-0.2, 0) is 6.42 Å². The summed E-state index contributed by atoms with van der Waals surface area (Å²) in [6.45, 7) is 5.32. The van der Waals surface area contributed by atoms with Crippen molar-refractivity contribution in [1.29, 1.82) is 0 Å². The van der Waals surface area contributed by atoms with Crippen LogP contribution in [0.2, 0.25) is 0 Å². The van der Waals surface area contributed by atoms with Gasteiger partial charge in [-0.3, -0.25) is 0 Å². The van der Waals surface area contributed by atoms with Gasteiger partial charge in [0.05, 0.1) is 12.0 Å². The maximum atomic E-state index is 10.7. The number of aromatic nitrogens is 2. The Morgan fingerprint density at radius 3 is 2.83 bits per heavy atom. The summed E-state index contributed by atoms with van der Waals surface area (Å²) < 4.78 is 23.1. The Morgan fingerprint density at radius 1 is 1.11 bits per heavy atom. The largest absolute Gasteiger partial charge is 0.493 e. The lowest BCUT2D eigenvalue weighted by Crippen LogP contribution is -2.40. The van der Waals surface area contributed by atoms with Gasteiger partial charge < -0.3 is 28.3 Å². The van der Waals surface area contributed by atoms with E-state index in [0.717, 1.165) is 56.5 Å². The molecule has 1 atom stereocenters. The second-order valence-corrected chi connectivity index (χ2v) is 9.76. The Bertz CT molecular complexity index is 1340. The van der Waals surface area contributed by atoms with Crippen molar-refractivity contribution < 1.29 is 23.4 Å². The van der Waals surface area contributed by atoms with Crippen LogP contribution < -0.4 is 9.47 Å². The molecule has 1 N–H and O–H groups in total. The molecule has 2 aromatic heterocycles. The average Bonchev–Trinajstić information content (AvgIpc) is 3.54. The molecule has 0 bridgehead atoms. The van der Waals surface area contributed by atoms with Crippen LogP contribution in [0.25, 0.3) is 22.6 Å². The summed E-state index contributed by atoms with van der Waals surface area (Å²) in [7, 11) is 0. The van der Waals surface area contributed by atoms with Crippen LogP contribution in [0.5, 0.6) is 11.5 Å². The van der Waals surface area contributed by atoms with E-state index in [-0.39, 0.29) is 6.61 Å². The number of likely N-dealkylation sites (tertiary alicyclic amines) is 1. The van der Waals surface area contributed by atoms with Crippen LogP contribution in [0, 0.1) is 6.92 Å². The van der Waals surface area contributed by atoms with Crippen LogP contribution in [-0.4, -0.2) is 59.2 Å². The first kappa shape index (κ1) is 23.1. The van der Waals surface area contributed by atoms with Crippen molar-refractivity contribution in [2.75, 3.05) is 32.8 Å². The minimum absolute atomic E-state index is 0.212. The molecule has 2 aromatic carbocycles. The highest BCUT2D eigenvalue weighted by molar-refractivity contribution is 5.87. The number of aliphatic hydroxyl groups excluding tert-OH is 1. The number of furan rings is 1. The van der Waals surface area contributed by atoms with Crippen LogP contribution in [0.3, 0.4) is 0 Å². The standard InChI is InChI=1S/C28H31N3O5/c1-18-29-30-28(35-18)27-15-23-25(5-2-6-26(23)36-27)34-17-22(32)16-31-11-9-19(10-12-31)20-7-8-24-21(14-20)4-3-13-33-24/h2,5-8,14-15,19,22,32H,3-4,9-13,16-17H2,1H3/t22-/m0/s1. The fourth-order valence-corrected chi connectivity index (χ4v) is 5.28. The van der Waals surface area contributed by atoms with Gasteiger partial charge in [-0.15, -0.1) is 10.2 Å². The normalized spacial score (nSPS) is 17.6. The van der Waals surface area contributed by atoms with Crippen LogP contribution in [0.4, 0.5) is 0 Å². The van der Waals surface area contributed by atoms with E-state index in [2.05, 4.69) is 33.3 Å². The summed E-state index contributed by atoms with van der Waals surface area (Å²) in [6.07, 6.45) is 3.82. The molecule has 0 aliphatic carbocycles. The van der Waals surface area contributed by atoms with Crippen molar-refractivity contribution >= 4 is 11.0 Å². The van der Waals surface area contributed by atoms with E-state index in [1.807, 2.05) is 24.3 Å². The molecule has 188 valence electrons. The highest BCUT2D eigenvalue weighted by Gasteiger charge is 2.24. The zero-order chi connectivity index (χ0) is 24.5. The minimum Gasteiger partial charge on any atom is -0.493 e. The molecule has 8 heteroatoms. The number of benzene rings is 2. The van der Waals surface area contributed by atoms with E-state index in [1.54, 1.807) is 6.92 Å². The number of aliphatic hydroxyl groups is 1. The lowest BCUT2D eigenvalue weighted by atomic mass is 9.87. The van der Waals surface area contributed by atoms with E-state index in [0.29, 0.717) is 41.3 Å². The molecule has 0 radical (unpaired) electrons. The van der Waals surface area contributed by atoms with Crippen LogP contribution in [0.15, 0.2) is 51.3 Å². The summed E-state index contributed by atoms with van der Waals surface area (Å²) in [5.41, 5.74) is 3.44. The van der Waals surface area contributed by atoms with Gasteiger partial charge >= 0.3 is 0 Å². The van der Waals surface area contributed by atoms with E-state index in [9.17, 15) is 5.11 Å². The summed E-state index contributed by atoms with van der Waals surface area (Å²) in [5.74, 6) is 3.59. The zero-order valence-corrected chi connectivity index (χ0v) is 20.5. The fourth-order valence-electron chi connectivity index (χ4n) is 5.28. The molecule has 1 saturated heterocycles. The fraction of sp³-hybridized carbons (Fsp3) is 0.429. The third-order valence-corrected chi connectivity index (χ3v) is 7.15. The predicted octanol–water partition coefficient (Wildman–Crippen LogP) is 4.74. The highest BCUT2D eigenvalue weighted by Crippen LogP contribution is 2.34. The van der Waals surface area contributed by atoms with Crippen molar-refractivity contribution in [1.82, 2.24) is 15.1 Å². The Morgan fingerprint density at radius 2 is 2.00 bits per heavy atom. The molecule has 0 unspecified atom stereocenters. The lowest BCUT2D eigenvalue weighted by Gasteiger charge is -2.33. The SMILES string of the molecule is Cc1nnc(-c2cc3c(OC[C@@H](O)CN4CCC(c5ccc6c(c5)CCCO6)CC4)cccc3o2)o1. The molecule has 0 spiro atoms. The molecule has 2 aliphatic rings. The molecular weight excluding hydrogens is 458 g/mol. The van der Waals surface area contributed by atoms with E-state index >= 15 is 0 Å². The predicted molar refractivity (Wildman–Crippen MR) is 134 cm³/mol. The smallest absolute Gasteiger partial charge is 0.283 e. The maximum Gasteiger partial charge on any atom is 0.283 e. The van der Waals surface area contributed by atoms with Gasteiger partial charge in [-0.25, -0.2) is 0 Å². The number of aryl methyl sites for hydroxylation is 2. The molecule has 36 heavy (non-hydrogen) atoms. The van der Waals surface area contributed by atoms with Gasteiger partial charge in [0.25, 0.3) is 5.89 Å². The van der Waals surface area contributed by atoms with Crippen LogP contribution in [0.1, 0.15) is 42.2 Å². The number of ether oxygens (including phenoxy) is 2. The second kappa shape index (κ2) is 9.95. The first-order valence-corrected chi connectivity index (χ1v) is 12.7. The number of hydrogen-bond donors (Lipinski definition) is 1. The van der Waals surface area contributed by atoms with Crippen molar-refractivity contribution in [3.63, 3.8) is 0 Å². The Balaban J connectivity index is 1.03. The molecule has 0 amide bonds. The topological polar surface area (TPSA) is 94.0 Å². The van der Waals surface area contributed by atoms with Gasteiger partial charge in [-0.05, 0) is 74.0 Å². The number of rotatable bonds is 7. The van der Waals surface area contributed by atoms with Crippen LogP contribution >= 0.6 is 0 Å². The third kappa shape index (κ3) is 4.83. The summed E-state index contributed by atoms with van der Waals surface area (Å²) >= 11 is 0. The molecule has 4 heterocycles. The van der Waals surface area contributed by atoms with E-state index in [1.165, 1.54) is 11.1 Å². The average molecular weight is 490 g/mol. The first-order valence-electron chi connectivity index (χ1n) is 12.7. The van der Waals surface area contributed by atoms with Gasteiger partial charge in [0.2, 0.25) is 5.89 Å². The highest BCUT2D eigenvalue weighted by atomic mass is 16.5. The van der Waals surface area contributed by atoms with E-state index in [4.69, 9.17) is 18.3 Å². The molecule has 2 aliphatic heterocycles. The van der Waals surface area contributed by atoms with Gasteiger partial charge in [-0.2, -0.15) is 0 Å². The Hall–Kier alpha value is -3.36. The number of nitrogens with zero attached hydrogens (tertiary/aromatic N) is 3. The van der Waals surface area contributed by atoms with Gasteiger partial charge in [0.1, 0.15) is 29.8 Å². The summed E-state index contributed by atoms with van der Waals surface area (Å²) in [4.78, 5) is 2.33. The van der Waals surface area contributed by atoms with Gasteiger partial charge in [0, 0.05) is 19.5 Å². The molecule has 0 saturated carbocycles.